The maximum Gasteiger partial charge on any atom is 0.276 e. The summed E-state index contributed by atoms with van der Waals surface area (Å²) >= 11 is 0. The number of carbonyl (C=O) groups is 1. The first kappa shape index (κ1) is 11.6. The van der Waals surface area contributed by atoms with Crippen molar-refractivity contribution < 1.29 is 9.18 Å². The topological polar surface area (TPSA) is 59.2 Å². The third kappa shape index (κ3) is 2.03. The quantitative estimate of drug-likeness (QED) is 0.795. The molecule has 4 nitrogen and oxygen atoms in total. The number of nitrogens with zero attached hydrogens (tertiary/aromatic N) is 2. The van der Waals surface area contributed by atoms with Crippen LogP contribution in [-0.2, 0) is 6.42 Å². The highest BCUT2D eigenvalue weighted by Gasteiger charge is 2.26. The van der Waals surface area contributed by atoms with Gasteiger partial charge in [-0.25, -0.2) is 9.37 Å². The summed E-state index contributed by atoms with van der Waals surface area (Å²) in [5.74, 6) is -0.672. The Balaban J connectivity index is 1.93. The fraction of sp³-hybridized carbons (Fsp3) is 0.143. The molecule has 5 heteroatoms. The highest BCUT2D eigenvalue weighted by molar-refractivity contribution is 6.06. The Morgan fingerprint density at radius 2 is 2.16 bits per heavy atom. The van der Waals surface area contributed by atoms with Gasteiger partial charge in [0.2, 0.25) is 0 Å². The summed E-state index contributed by atoms with van der Waals surface area (Å²) in [6, 6.07) is 8.11. The Labute approximate surface area is 109 Å². The Morgan fingerprint density at radius 1 is 1.32 bits per heavy atom. The molecule has 96 valence electrons. The zero-order chi connectivity index (χ0) is 13.4. The lowest BCUT2D eigenvalue weighted by Crippen LogP contribution is -2.29. The molecule has 1 aromatic carbocycles. The highest BCUT2D eigenvalue weighted by atomic mass is 19.1. The maximum atomic E-state index is 12.8. The van der Waals surface area contributed by atoms with Crippen LogP contribution in [0.3, 0.4) is 0 Å². The van der Waals surface area contributed by atoms with E-state index in [1.54, 1.807) is 11.0 Å². The number of halogens is 1. The monoisotopic (exact) mass is 257 g/mol. The normalized spacial score (nSPS) is 13.4. The van der Waals surface area contributed by atoms with E-state index < -0.39 is 5.82 Å². The molecule has 2 aromatic rings. The van der Waals surface area contributed by atoms with Crippen molar-refractivity contribution in [1.29, 1.82) is 0 Å². The third-order valence-electron chi connectivity index (χ3n) is 3.19. The average molecular weight is 257 g/mol. The van der Waals surface area contributed by atoms with E-state index in [0.29, 0.717) is 12.2 Å². The highest BCUT2D eigenvalue weighted by Crippen LogP contribution is 2.30. The van der Waals surface area contributed by atoms with Gasteiger partial charge in [0.05, 0.1) is 6.20 Å². The van der Waals surface area contributed by atoms with Crippen molar-refractivity contribution in [2.24, 2.45) is 0 Å². The molecular weight excluding hydrogens is 245 g/mol. The van der Waals surface area contributed by atoms with Gasteiger partial charge in [0.25, 0.3) is 5.91 Å². The van der Waals surface area contributed by atoms with Crippen LogP contribution in [0, 0.1) is 5.82 Å². The molecular formula is C14H12FN3O. The molecule has 3 rings (SSSR count). The van der Waals surface area contributed by atoms with Crippen LogP contribution in [0.1, 0.15) is 16.1 Å². The van der Waals surface area contributed by atoms with Crippen molar-refractivity contribution in [1.82, 2.24) is 4.98 Å². The zero-order valence-electron chi connectivity index (χ0n) is 10.1. The summed E-state index contributed by atoms with van der Waals surface area (Å²) in [5.41, 5.74) is 8.56. The van der Waals surface area contributed by atoms with Crippen molar-refractivity contribution in [2.75, 3.05) is 17.2 Å². The number of aromatic nitrogens is 1. The fourth-order valence-electron chi connectivity index (χ4n) is 2.27. The van der Waals surface area contributed by atoms with E-state index in [1.807, 2.05) is 12.1 Å². The van der Waals surface area contributed by atoms with E-state index in [1.165, 1.54) is 12.1 Å². The lowest BCUT2D eigenvalue weighted by molar-refractivity contribution is 0.0984. The fourth-order valence-corrected chi connectivity index (χ4v) is 2.27. The van der Waals surface area contributed by atoms with Crippen LogP contribution in [0.15, 0.2) is 36.5 Å². The van der Waals surface area contributed by atoms with Crippen molar-refractivity contribution >= 4 is 17.3 Å². The summed E-state index contributed by atoms with van der Waals surface area (Å²) in [5, 5.41) is 0. The third-order valence-corrected chi connectivity index (χ3v) is 3.19. The summed E-state index contributed by atoms with van der Waals surface area (Å²) in [4.78, 5) is 17.8. The van der Waals surface area contributed by atoms with Crippen molar-refractivity contribution in [3.8, 4) is 0 Å². The molecule has 0 saturated carbocycles. The van der Waals surface area contributed by atoms with Gasteiger partial charge in [0.1, 0.15) is 11.5 Å². The maximum absolute atomic E-state index is 12.8. The number of amides is 1. The predicted molar refractivity (Wildman–Crippen MR) is 70.4 cm³/mol. The largest absolute Gasteiger partial charge is 0.399 e. The molecule has 0 fully saturated rings. The summed E-state index contributed by atoms with van der Waals surface area (Å²) < 4.78 is 12.8. The van der Waals surface area contributed by atoms with Crippen molar-refractivity contribution in [2.45, 2.75) is 6.42 Å². The number of hydrogen-bond acceptors (Lipinski definition) is 3. The molecule has 0 radical (unpaired) electrons. The van der Waals surface area contributed by atoms with Crippen LogP contribution in [0.25, 0.3) is 0 Å². The van der Waals surface area contributed by atoms with Crippen LogP contribution < -0.4 is 10.6 Å². The Morgan fingerprint density at radius 3 is 2.89 bits per heavy atom. The molecule has 0 saturated heterocycles. The van der Waals surface area contributed by atoms with Crippen LogP contribution in [0.5, 0.6) is 0 Å². The number of carbonyl (C=O) groups excluding carboxylic acids is 1. The smallest absolute Gasteiger partial charge is 0.276 e. The van der Waals surface area contributed by atoms with Gasteiger partial charge < -0.3 is 10.6 Å². The standard InChI is InChI=1S/C14H12FN3O/c15-10-1-3-12(17-8-10)14(19)18-6-5-9-7-11(16)2-4-13(9)18/h1-4,7-8H,5-6,16H2. The molecule has 1 aliphatic heterocycles. The van der Waals surface area contributed by atoms with E-state index >= 15 is 0 Å². The van der Waals surface area contributed by atoms with E-state index in [2.05, 4.69) is 4.98 Å². The van der Waals surface area contributed by atoms with Gasteiger partial charge in [-0.1, -0.05) is 0 Å². The number of hydrogen-bond donors (Lipinski definition) is 1. The molecule has 2 heterocycles. The summed E-state index contributed by atoms with van der Waals surface area (Å²) in [7, 11) is 0. The molecule has 1 aliphatic rings. The minimum Gasteiger partial charge on any atom is -0.399 e. The lowest BCUT2D eigenvalue weighted by Gasteiger charge is -2.16. The number of benzene rings is 1. The number of nitrogens with two attached hydrogens (primary N) is 1. The first-order chi connectivity index (χ1) is 9.15. The van der Waals surface area contributed by atoms with Gasteiger partial charge in [-0.05, 0) is 42.3 Å². The Bertz CT molecular complexity index is 640. The second kappa shape index (κ2) is 4.35. The molecule has 0 unspecified atom stereocenters. The van der Waals surface area contributed by atoms with Gasteiger partial charge in [0.15, 0.2) is 0 Å². The minimum absolute atomic E-state index is 0.219. The van der Waals surface area contributed by atoms with Crippen LogP contribution in [0.4, 0.5) is 15.8 Å². The summed E-state index contributed by atoms with van der Waals surface area (Å²) in [6.45, 7) is 0.594. The van der Waals surface area contributed by atoms with Gasteiger partial charge in [-0.2, -0.15) is 0 Å². The minimum atomic E-state index is -0.453. The lowest BCUT2D eigenvalue weighted by atomic mass is 10.1. The van der Waals surface area contributed by atoms with Gasteiger partial charge in [-0.15, -0.1) is 0 Å². The number of anilines is 2. The van der Waals surface area contributed by atoms with Gasteiger partial charge in [0, 0.05) is 17.9 Å². The first-order valence-electron chi connectivity index (χ1n) is 5.97. The molecule has 0 bridgehead atoms. The van der Waals surface area contributed by atoms with Gasteiger partial charge >= 0.3 is 0 Å². The van der Waals surface area contributed by atoms with E-state index in [4.69, 9.17) is 5.73 Å². The van der Waals surface area contributed by atoms with Crippen LogP contribution in [0.2, 0.25) is 0 Å². The zero-order valence-corrected chi connectivity index (χ0v) is 10.1. The van der Waals surface area contributed by atoms with E-state index in [0.717, 1.165) is 23.9 Å². The average Bonchev–Trinajstić information content (AvgIpc) is 2.81. The van der Waals surface area contributed by atoms with Crippen LogP contribution in [-0.4, -0.2) is 17.4 Å². The van der Waals surface area contributed by atoms with E-state index in [9.17, 15) is 9.18 Å². The number of pyridine rings is 1. The number of fused-ring (bicyclic) bond motifs is 1. The molecule has 2 N–H and O–H groups in total. The molecule has 0 atom stereocenters. The van der Waals surface area contributed by atoms with Crippen LogP contribution >= 0.6 is 0 Å². The van der Waals surface area contributed by atoms with E-state index in [-0.39, 0.29) is 11.6 Å². The molecule has 1 aromatic heterocycles. The second-order valence-electron chi connectivity index (χ2n) is 4.46. The Kier molecular flexibility index (Phi) is 2.67. The SMILES string of the molecule is Nc1ccc2c(c1)CCN2C(=O)c1ccc(F)cn1. The first-order valence-corrected chi connectivity index (χ1v) is 5.97. The number of nitrogen functional groups attached to an aromatic ring is 1. The van der Waals surface area contributed by atoms with Crippen molar-refractivity contribution in [3.05, 3.63) is 53.6 Å². The summed E-state index contributed by atoms with van der Waals surface area (Å²) in [6.07, 6.45) is 1.82. The second-order valence-corrected chi connectivity index (χ2v) is 4.46. The Hall–Kier alpha value is -2.43. The molecule has 0 aliphatic carbocycles. The molecule has 1 amide bonds. The predicted octanol–water partition coefficient (Wildman–Crippen LogP) is 2.01. The van der Waals surface area contributed by atoms with Crippen molar-refractivity contribution in [3.63, 3.8) is 0 Å². The molecule has 0 spiro atoms. The van der Waals surface area contributed by atoms with Gasteiger partial charge in [-0.3, -0.25) is 4.79 Å². The number of rotatable bonds is 1. The molecule has 19 heavy (non-hydrogen) atoms.